The van der Waals surface area contributed by atoms with E-state index in [1.807, 2.05) is 0 Å². The van der Waals surface area contributed by atoms with Crippen LogP contribution in [0.15, 0.2) is 0 Å². The zero-order valence-corrected chi connectivity index (χ0v) is 15.9. The molecule has 1 aliphatic heterocycles. The Kier molecular flexibility index (Phi) is 11.9. The maximum absolute atomic E-state index is 5.78. The molecule has 1 saturated heterocycles. The minimum Gasteiger partial charge on any atom is -0.374 e. The van der Waals surface area contributed by atoms with Crippen LogP contribution < -0.4 is 0 Å². The summed E-state index contributed by atoms with van der Waals surface area (Å²) >= 11 is 3.54. The number of unbranched alkanes of at least 4 members (excludes halogenated alkanes) is 9. The maximum Gasteiger partial charge on any atom is 0.0799 e. The smallest absolute Gasteiger partial charge is 0.0799 e. The van der Waals surface area contributed by atoms with Crippen LogP contribution in [-0.4, -0.2) is 42.1 Å². The summed E-state index contributed by atoms with van der Waals surface area (Å²) in [5.74, 6) is 0. The highest BCUT2D eigenvalue weighted by molar-refractivity contribution is 9.09. The first-order chi connectivity index (χ1) is 10.3. The van der Waals surface area contributed by atoms with Crippen LogP contribution in [0, 0.1) is 0 Å². The Morgan fingerprint density at radius 2 is 1.52 bits per heavy atom. The van der Waals surface area contributed by atoms with E-state index >= 15 is 0 Å². The van der Waals surface area contributed by atoms with E-state index in [-0.39, 0.29) is 0 Å². The van der Waals surface area contributed by atoms with E-state index in [0.717, 1.165) is 18.5 Å². The van der Waals surface area contributed by atoms with Crippen molar-refractivity contribution in [2.75, 3.05) is 25.0 Å². The van der Waals surface area contributed by atoms with Gasteiger partial charge in [-0.05, 0) is 19.9 Å². The maximum atomic E-state index is 5.78. The summed E-state index contributed by atoms with van der Waals surface area (Å²) in [5.41, 5.74) is 0. The molecule has 1 aliphatic rings. The largest absolute Gasteiger partial charge is 0.374 e. The first kappa shape index (κ1) is 19.4. The highest BCUT2D eigenvalue weighted by atomic mass is 79.9. The number of halogens is 1. The SMILES string of the molecule is CCCCCCCCCCCCN1CC(CBr)OCC1C. The average Bonchev–Trinajstić information content (AvgIpc) is 2.51. The predicted molar refractivity (Wildman–Crippen MR) is 96.4 cm³/mol. The minimum atomic E-state index is 0.393. The Labute approximate surface area is 141 Å². The Balaban J connectivity index is 1.91. The fourth-order valence-electron chi connectivity index (χ4n) is 3.08. The number of hydrogen-bond donors (Lipinski definition) is 0. The first-order valence-corrected chi connectivity index (χ1v) is 10.3. The average molecular weight is 362 g/mol. The van der Waals surface area contributed by atoms with Crippen molar-refractivity contribution in [3.8, 4) is 0 Å². The van der Waals surface area contributed by atoms with Crippen LogP contribution in [0.1, 0.15) is 78.1 Å². The van der Waals surface area contributed by atoms with Crippen molar-refractivity contribution in [3.63, 3.8) is 0 Å². The van der Waals surface area contributed by atoms with Crippen molar-refractivity contribution in [2.45, 2.75) is 90.2 Å². The quantitative estimate of drug-likeness (QED) is 0.341. The first-order valence-electron chi connectivity index (χ1n) is 9.19. The second-order valence-electron chi connectivity index (χ2n) is 6.64. The van der Waals surface area contributed by atoms with Gasteiger partial charge >= 0.3 is 0 Å². The van der Waals surface area contributed by atoms with Crippen molar-refractivity contribution < 1.29 is 4.74 Å². The Morgan fingerprint density at radius 3 is 2.10 bits per heavy atom. The van der Waals surface area contributed by atoms with Crippen molar-refractivity contribution in [2.24, 2.45) is 0 Å². The summed E-state index contributed by atoms with van der Waals surface area (Å²) in [6, 6.07) is 0.596. The van der Waals surface area contributed by atoms with Gasteiger partial charge in [-0.25, -0.2) is 0 Å². The lowest BCUT2D eigenvalue weighted by Crippen LogP contribution is -2.49. The van der Waals surface area contributed by atoms with Gasteiger partial charge in [-0.2, -0.15) is 0 Å². The fourth-order valence-corrected chi connectivity index (χ4v) is 3.47. The summed E-state index contributed by atoms with van der Waals surface area (Å²) < 4.78 is 5.78. The summed E-state index contributed by atoms with van der Waals surface area (Å²) in [6.07, 6.45) is 14.6. The van der Waals surface area contributed by atoms with Gasteiger partial charge in [-0.3, -0.25) is 4.90 Å². The molecule has 0 N–H and O–H groups in total. The molecule has 0 saturated carbocycles. The van der Waals surface area contributed by atoms with E-state index in [2.05, 4.69) is 34.7 Å². The standard InChI is InChI=1S/C18H36BrNO/c1-3-4-5-6-7-8-9-10-11-12-13-20-15-18(14-19)21-16-17(20)2/h17-18H,3-16H2,1-2H3. The summed E-state index contributed by atoms with van der Waals surface area (Å²) in [7, 11) is 0. The summed E-state index contributed by atoms with van der Waals surface area (Å²) in [5, 5.41) is 0.967. The molecule has 2 atom stereocenters. The number of ether oxygens (including phenoxy) is 1. The molecule has 0 radical (unpaired) electrons. The molecule has 0 amide bonds. The van der Waals surface area contributed by atoms with E-state index < -0.39 is 0 Å². The summed E-state index contributed by atoms with van der Waals surface area (Å²) in [4.78, 5) is 2.61. The van der Waals surface area contributed by atoms with Crippen LogP contribution in [0.4, 0.5) is 0 Å². The highest BCUT2D eigenvalue weighted by Gasteiger charge is 2.24. The molecule has 21 heavy (non-hydrogen) atoms. The molecule has 2 nitrogen and oxygen atoms in total. The normalized spacial score (nSPS) is 23.6. The fraction of sp³-hybridized carbons (Fsp3) is 1.00. The van der Waals surface area contributed by atoms with Gasteiger partial charge in [-0.15, -0.1) is 0 Å². The number of hydrogen-bond acceptors (Lipinski definition) is 2. The second kappa shape index (κ2) is 12.9. The van der Waals surface area contributed by atoms with E-state index in [4.69, 9.17) is 4.74 Å². The topological polar surface area (TPSA) is 12.5 Å². The lowest BCUT2D eigenvalue weighted by molar-refractivity contribution is -0.0469. The molecule has 0 aromatic rings. The number of nitrogens with zero attached hydrogens (tertiary/aromatic N) is 1. The van der Waals surface area contributed by atoms with Gasteiger partial charge in [0, 0.05) is 17.9 Å². The Bertz CT molecular complexity index is 237. The van der Waals surface area contributed by atoms with Crippen molar-refractivity contribution in [1.82, 2.24) is 4.90 Å². The predicted octanol–water partition coefficient (Wildman–Crippen LogP) is 5.39. The van der Waals surface area contributed by atoms with Crippen LogP contribution in [0.5, 0.6) is 0 Å². The van der Waals surface area contributed by atoms with Gasteiger partial charge in [-0.1, -0.05) is 80.6 Å². The molecule has 1 fully saturated rings. The number of morpholine rings is 1. The van der Waals surface area contributed by atoms with Gasteiger partial charge in [0.2, 0.25) is 0 Å². The highest BCUT2D eigenvalue weighted by Crippen LogP contribution is 2.15. The lowest BCUT2D eigenvalue weighted by Gasteiger charge is -2.37. The molecule has 2 unspecified atom stereocenters. The van der Waals surface area contributed by atoms with Gasteiger partial charge in [0.1, 0.15) is 0 Å². The van der Waals surface area contributed by atoms with E-state index in [1.54, 1.807) is 0 Å². The zero-order chi connectivity index (χ0) is 15.3. The number of alkyl halides is 1. The van der Waals surface area contributed by atoms with Gasteiger partial charge in [0.15, 0.2) is 0 Å². The van der Waals surface area contributed by atoms with Crippen molar-refractivity contribution >= 4 is 15.9 Å². The third kappa shape index (κ3) is 9.20. The van der Waals surface area contributed by atoms with Crippen molar-refractivity contribution in [1.29, 1.82) is 0 Å². The van der Waals surface area contributed by atoms with Crippen molar-refractivity contribution in [3.05, 3.63) is 0 Å². The Hall–Kier alpha value is 0.400. The molecule has 0 aromatic heterocycles. The van der Waals surface area contributed by atoms with E-state index in [0.29, 0.717) is 12.1 Å². The zero-order valence-electron chi connectivity index (χ0n) is 14.3. The van der Waals surface area contributed by atoms with E-state index in [9.17, 15) is 0 Å². The van der Waals surface area contributed by atoms with Gasteiger partial charge in [0.25, 0.3) is 0 Å². The molecular weight excluding hydrogens is 326 g/mol. The molecule has 0 aromatic carbocycles. The van der Waals surface area contributed by atoms with E-state index in [1.165, 1.54) is 70.8 Å². The Morgan fingerprint density at radius 1 is 0.952 bits per heavy atom. The molecule has 1 rings (SSSR count). The van der Waals surface area contributed by atoms with Gasteiger partial charge < -0.3 is 4.74 Å². The second-order valence-corrected chi connectivity index (χ2v) is 7.28. The molecule has 126 valence electrons. The van der Waals surface area contributed by atoms with Crippen LogP contribution in [-0.2, 0) is 4.74 Å². The monoisotopic (exact) mass is 361 g/mol. The molecule has 0 spiro atoms. The third-order valence-corrected chi connectivity index (χ3v) is 5.33. The molecule has 0 aliphatic carbocycles. The minimum absolute atomic E-state index is 0.393. The molecule has 0 bridgehead atoms. The molecule has 3 heteroatoms. The third-order valence-electron chi connectivity index (χ3n) is 4.61. The molecule has 1 heterocycles. The van der Waals surface area contributed by atoms with Crippen LogP contribution in [0.2, 0.25) is 0 Å². The van der Waals surface area contributed by atoms with Crippen LogP contribution in [0.25, 0.3) is 0 Å². The van der Waals surface area contributed by atoms with Crippen LogP contribution in [0.3, 0.4) is 0 Å². The lowest BCUT2D eigenvalue weighted by atomic mass is 10.1. The van der Waals surface area contributed by atoms with Crippen LogP contribution >= 0.6 is 15.9 Å². The summed E-state index contributed by atoms with van der Waals surface area (Å²) in [6.45, 7) is 7.83. The number of rotatable bonds is 12. The molecular formula is C18H36BrNO. The van der Waals surface area contributed by atoms with Gasteiger partial charge in [0.05, 0.1) is 12.7 Å².